The zero-order valence-corrected chi connectivity index (χ0v) is 9.45. The third-order valence-electron chi connectivity index (χ3n) is 2.48. The van der Waals surface area contributed by atoms with E-state index in [1.807, 2.05) is 19.1 Å². The Balaban J connectivity index is 2.39. The van der Waals surface area contributed by atoms with E-state index in [9.17, 15) is 4.79 Å². The Kier molecular flexibility index (Phi) is 2.95. The van der Waals surface area contributed by atoms with Crippen molar-refractivity contribution in [3.05, 3.63) is 30.0 Å². The SMILES string of the molecule is CCCC(=O)c1cc2ccc(OC)cc2o1. The van der Waals surface area contributed by atoms with Crippen LogP contribution in [0.2, 0.25) is 0 Å². The highest BCUT2D eigenvalue weighted by Crippen LogP contribution is 2.24. The van der Waals surface area contributed by atoms with Gasteiger partial charge in [-0.1, -0.05) is 6.92 Å². The van der Waals surface area contributed by atoms with Crippen molar-refractivity contribution in [3.8, 4) is 5.75 Å². The number of hydrogen-bond donors (Lipinski definition) is 0. The molecule has 0 radical (unpaired) electrons. The highest BCUT2D eigenvalue weighted by Gasteiger charge is 2.11. The maximum absolute atomic E-state index is 11.6. The van der Waals surface area contributed by atoms with E-state index in [0.29, 0.717) is 17.8 Å². The van der Waals surface area contributed by atoms with Crippen LogP contribution in [-0.4, -0.2) is 12.9 Å². The van der Waals surface area contributed by atoms with Crippen molar-refractivity contribution in [2.45, 2.75) is 19.8 Å². The van der Waals surface area contributed by atoms with Gasteiger partial charge in [-0.2, -0.15) is 0 Å². The summed E-state index contributed by atoms with van der Waals surface area (Å²) in [6.45, 7) is 1.98. The first kappa shape index (κ1) is 10.7. The highest BCUT2D eigenvalue weighted by molar-refractivity contribution is 5.97. The summed E-state index contributed by atoms with van der Waals surface area (Å²) < 4.78 is 10.6. The molecule has 2 rings (SSSR count). The standard InChI is InChI=1S/C13H14O3/c1-3-4-11(14)13-7-9-5-6-10(15-2)8-12(9)16-13/h5-8H,3-4H2,1-2H3. The largest absolute Gasteiger partial charge is 0.497 e. The summed E-state index contributed by atoms with van der Waals surface area (Å²) in [6, 6.07) is 7.32. The third kappa shape index (κ3) is 1.94. The molecule has 1 aromatic carbocycles. The molecule has 16 heavy (non-hydrogen) atoms. The van der Waals surface area contributed by atoms with Crippen LogP contribution in [0.3, 0.4) is 0 Å². The molecule has 3 heteroatoms. The fourth-order valence-corrected chi connectivity index (χ4v) is 1.63. The van der Waals surface area contributed by atoms with E-state index in [1.165, 1.54) is 0 Å². The van der Waals surface area contributed by atoms with Gasteiger partial charge in [0.25, 0.3) is 0 Å². The Morgan fingerprint density at radius 2 is 2.19 bits per heavy atom. The van der Waals surface area contributed by atoms with Crippen molar-refractivity contribution in [1.29, 1.82) is 0 Å². The van der Waals surface area contributed by atoms with E-state index in [-0.39, 0.29) is 5.78 Å². The molecule has 1 heterocycles. The van der Waals surface area contributed by atoms with Gasteiger partial charge in [0.15, 0.2) is 11.5 Å². The lowest BCUT2D eigenvalue weighted by Gasteiger charge is -1.96. The van der Waals surface area contributed by atoms with Gasteiger partial charge in [-0.25, -0.2) is 0 Å². The number of ketones is 1. The summed E-state index contributed by atoms with van der Waals surface area (Å²) in [5.41, 5.74) is 0.693. The number of Topliss-reactive ketones (excluding diaryl/α,β-unsaturated/α-hetero) is 1. The van der Waals surface area contributed by atoms with Gasteiger partial charge in [0.1, 0.15) is 11.3 Å². The zero-order valence-electron chi connectivity index (χ0n) is 9.45. The topological polar surface area (TPSA) is 39.4 Å². The summed E-state index contributed by atoms with van der Waals surface area (Å²) in [5, 5.41) is 0.931. The van der Waals surface area contributed by atoms with Gasteiger partial charge >= 0.3 is 0 Å². The summed E-state index contributed by atoms with van der Waals surface area (Å²) in [6.07, 6.45) is 1.36. The Labute approximate surface area is 94.0 Å². The van der Waals surface area contributed by atoms with Crippen molar-refractivity contribution in [2.75, 3.05) is 7.11 Å². The van der Waals surface area contributed by atoms with Gasteiger partial charge in [-0.15, -0.1) is 0 Å². The van der Waals surface area contributed by atoms with E-state index < -0.39 is 0 Å². The van der Waals surface area contributed by atoms with Crippen LogP contribution >= 0.6 is 0 Å². The molecule has 0 N–H and O–H groups in total. The molecule has 0 bridgehead atoms. The van der Waals surface area contributed by atoms with Crippen LogP contribution in [0, 0.1) is 0 Å². The van der Waals surface area contributed by atoms with Gasteiger partial charge in [0.2, 0.25) is 0 Å². The number of ether oxygens (including phenoxy) is 1. The second kappa shape index (κ2) is 4.39. The minimum Gasteiger partial charge on any atom is -0.497 e. The van der Waals surface area contributed by atoms with Gasteiger partial charge < -0.3 is 9.15 Å². The van der Waals surface area contributed by atoms with Gasteiger partial charge in [-0.3, -0.25) is 4.79 Å². The first-order chi connectivity index (χ1) is 7.74. The van der Waals surface area contributed by atoms with Crippen molar-refractivity contribution >= 4 is 16.8 Å². The van der Waals surface area contributed by atoms with Crippen LogP contribution in [0.25, 0.3) is 11.0 Å². The van der Waals surface area contributed by atoms with Crippen LogP contribution < -0.4 is 4.74 Å². The summed E-state index contributed by atoms with van der Waals surface area (Å²) in [5.74, 6) is 1.22. The van der Waals surface area contributed by atoms with Crippen molar-refractivity contribution < 1.29 is 13.9 Å². The van der Waals surface area contributed by atoms with Crippen molar-refractivity contribution in [2.24, 2.45) is 0 Å². The minimum absolute atomic E-state index is 0.0534. The summed E-state index contributed by atoms with van der Waals surface area (Å²) in [4.78, 5) is 11.6. The molecule has 0 saturated carbocycles. The van der Waals surface area contributed by atoms with Crippen LogP contribution in [-0.2, 0) is 0 Å². The molecule has 84 valence electrons. The first-order valence-corrected chi connectivity index (χ1v) is 5.35. The molecule has 0 amide bonds. The molecule has 2 aromatic rings. The average Bonchev–Trinajstić information content (AvgIpc) is 2.71. The molecule has 0 atom stereocenters. The lowest BCUT2D eigenvalue weighted by atomic mass is 10.2. The number of methoxy groups -OCH3 is 1. The molecular weight excluding hydrogens is 204 g/mol. The van der Waals surface area contributed by atoms with Crippen LogP contribution in [0.5, 0.6) is 5.75 Å². The molecule has 0 fully saturated rings. The van der Waals surface area contributed by atoms with E-state index in [1.54, 1.807) is 19.2 Å². The lowest BCUT2D eigenvalue weighted by Crippen LogP contribution is -1.94. The highest BCUT2D eigenvalue weighted by atomic mass is 16.5. The molecule has 0 saturated heterocycles. The number of carbonyl (C=O) groups is 1. The van der Waals surface area contributed by atoms with E-state index in [4.69, 9.17) is 9.15 Å². The smallest absolute Gasteiger partial charge is 0.198 e. The van der Waals surface area contributed by atoms with Crippen LogP contribution in [0.1, 0.15) is 30.3 Å². The first-order valence-electron chi connectivity index (χ1n) is 5.35. The maximum Gasteiger partial charge on any atom is 0.198 e. The monoisotopic (exact) mass is 218 g/mol. The quantitative estimate of drug-likeness (QED) is 0.738. The molecule has 1 aromatic heterocycles. The number of hydrogen-bond acceptors (Lipinski definition) is 3. The predicted octanol–water partition coefficient (Wildman–Crippen LogP) is 3.42. The molecule has 0 aliphatic carbocycles. The third-order valence-corrected chi connectivity index (χ3v) is 2.48. The molecular formula is C13H14O3. The van der Waals surface area contributed by atoms with Crippen molar-refractivity contribution in [3.63, 3.8) is 0 Å². The number of benzene rings is 1. The number of furan rings is 1. The molecule has 0 unspecified atom stereocenters. The zero-order chi connectivity index (χ0) is 11.5. The normalized spacial score (nSPS) is 10.6. The number of rotatable bonds is 4. The van der Waals surface area contributed by atoms with E-state index in [2.05, 4.69) is 0 Å². The molecule has 0 aliphatic heterocycles. The van der Waals surface area contributed by atoms with Gasteiger partial charge in [0.05, 0.1) is 7.11 Å². The predicted molar refractivity (Wildman–Crippen MR) is 62.0 cm³/mol. The fourth-order valence-electron chi connectivity index (χ4n) is 1.63. The van der Waals surface area contributed by atoms with Gasteiger partial charge in [-0.05, 0) is 24.6 Å². The summed E-state index contributed by atoms with van der Waals surface area (Å²) >= 11 is 0. The Morgan fingerprint density at radius 1 is 1.38 bits per heavy atom. The van der Waals surface area contributed by atoms with Crippen molar-refractivity contribution in [1.82, 2.24) is 0 Å². The van der Waals surface area contributed by atoms with Crippen LogP contribution in [0.15, 0.2) is 28.7 Å². The number of carbonyl (C=O) groups excluding carboxylic acids is 1. The second-order valence-electron chi connectivity index (χ2n) is 3.69. The fraction of sp³-hybridized carbons (Fsp3) is 0.308. The maximum atomic E-state index is 11.6. The molecule has 0 aliphatic rings. The van der Waals surface area contributed by atoms with E-state index in [0.717, 1.165) is 17.6 Å². The second-order valence-corrected chi connectivity index (χ2v) is 3.69. The Bertz CT molecular complexity index is 511. The lowest BCUT2D eigenvalue weighted by molar-refractivity contribution is 0.0957. The Morgan fingerprint density at radius 3 is 2.88 bits per heavy atom. The molecule has 3 nitrogen and oxygen atoms in total. The number of fused-ring (bicyclic) bond motifs is 1. The van der Waals surface area contributed by atoms with E-state index >= 15 is 0 Å². The molecule has 0 spiro atoms. The average molecular weight is 218 g/mol. The van der Waals surface area contributed by atoms with Crippen LogP contribution in [0.4, 0.5) is 0 Å². The minimum atomic E-state index is 0.0534. The van der Waals surface area contributed by atoms with Gasteiger partial charge in [0, 0.05) is 17.9 Å². The Hall–Kier alpha value is -1.77. The summed E-state index contributed by atoms with van der Waals surface area (Å²) in [7, 11) is 1.60.